The van der Waals surface area contributed by atoms with Crippen molar-refractivity contribution in [3.8, 4) is 0 Å². The fourth-order valence-corrected chi connectivity index (χ4v) is 3.80. The van der Waals surface area contributed by atoms with Gasteiger partial charge in [-0.25, -0.2) is 0 Å². The molecule has 0 unspecified atom stereocenters. The van der Waals surface area contributed by atoms with Crippen LogP contribution >= 0.6 is 0 Å². The Morgan fingerprint density at radius 3 is 1.43 bits per heavy atom. The lowest BCUT2D eigenvalue weighted by Crippen LogP contribution is -2.10. The van der Waals surface area contributed by atoms with Gasteiger partial charge in [-0.05, 0) is 81.1 Å². The molecule has 0 aliphatic rings. The molecule has 0 aromatic heterocycles. The molecule has 0 fully saturated rings. The summed E-state index contributed by atoms with van der Waals surface area (Å²) in [5, 5.41) is 0. The topological polar surface area (TPSA) is 3.24 Å². The number of aryl methyl sites for hydroxylation is 5. The smallest absolute Gasteiger partial charge is 0.0461 e. The Bertz CT molecular complexity index is 1040. The van der Waals surface area contributed by atoms with Crippen molar-refractivity contribution in [3.05, 3.63) is 125 Å². The monoisotopic (exact) mass is 391 g/mol. The molecule has 0 amide bonds. The van der Waals surface area contributed by atoms with Crippen LogP contribution in [0.2, 0.25) is 0 Å². The van der Waals surface area contributed by atoms with Crippen LogP contribution in [0.15, 0.2) is 97.1 Å². The van der Waals surface area contributed by atoms with E-state index in [2.05, 4.69) is 123 Å². The Morgan fingerprint density at radius 1 is 0.467 bits per heavy atom. The summed E-state index contributed by atoms with van der Waals surface area (Å²) in [5.74, 6) is 0. The lowest BCUT2D eigenvalue weighted by Gasteiger charge is -2.26. The lowest BCUT2D eigenvalue weighted by molar-refractivity contribution is 0.958. The molecule has 0 aliphatic carbocycles. The molecule has 0 saturated heterocycles. The molecule has 4 aromatic carbocycles. The van der Waals surface area contributed by atoms with Gasteiger partial charge >= 0.3 is 0 Å². The molecule has 1 nitrogen and oxygen atoms in total. The Kier molecular flexibility index (Phi) is 5.99. The number of hydrogen-bond acceptors (Lipinski definition) is 1. The van der Waals surface area contributed by atoms with Gasteiger partial charge < -0.3 is 4.90 Å². The average Bonchev–Trinajstić information content (AvgIpc) is 2.76. The van der Waals surface area contributed by atoms with E-state index in [1.165, 1.54) is 44.9 Å². The first kappa shape index (κ1) is 20.0. The van der Waals surface area contributed by atoms with E-state index in [9.17, 15) is 0 Å². The highest BCUT2D eigenvalue weighted by Crippen LogP contribution is 2.34. The summed E-state index contributed by atoms with van der Waals surface area (Å²) in [4.78, 5) is 2.32. The number of hydrogen-bond donors (Lipinski definition) is 0. The van der Waals surface area contributed by atoms with E-state index in [4.69, 9.17) is 0 Å². The summed E-state index contributed by atoms with van der Waals surface area (Å²) >= 11 is 0. The average molecular weight is 392 g/mol. The molecule has 4 rings (SSSR count). The van der Waals surface area contributed by atoms with Gasteiger partial charge in [0, 0.05) is 17.1 Å². The Morgan fingerprint density at radius 2 is 0.933 bits per heavy atom. The fraction of sp³-hybridized carbons (Fsp3) is 0.172. The summed E-state index contributed by atoms with van der Waals surface area (Å²) in [5.41, 5.74) is 10.2. The van der Waals surface area contributed by atoms with Crippen molar-refractivity contribution >= 4 is 17.1 Å². The van der Waals surface area contributed by atoms with E-state index < -0.39 is 0 Å². The van der Waals surface area contributed by atoms with Crippen LogP contribution in [-0.4, -0.2) is 0 Å². The zero-order valence-electron chi connectivity index (χ0n) is 18.1. The molecular weight excluding hydrogens is 362 g/mol. The quantitative estimate of drug-likeness (QED) is 0.323. The molecule has 0 aliphatic heterocycles. The highest BCUT2D eigenvalue weighted by molar-refractivity contribution is 5.76. The summed E-state index contributed by atoms with van der Waals surface area (Å²) < 4.78 is 0. The minimum Gasteiger partial charge on any atom is -0.311 e. The molecule has 0 spiro atoms. The van der Waals surface area contributed by atoms with Crippen molar-refractivity contribution in [2.45, 2.75) is 33.6 Å². The van der Waals surface area contributed by atoms with Crippen molar-refractivity contribution in [1.82, 2.24) is 0 Å². The first-order valence-corrected chi connectivity index (χ1v) is 10.7. The van der Waals surface area contributed by atoms with Gasteiger partial charge in [0.15, 0.2) is 0 Å². The SMILES string of the molecule is Cc1ccc(N(c2ccc(C)cc2)c2ccc(CCc3cccc(C)c3)cc2)cc1. The first-order valence-electron chi connectivity index (χ1n) is 10.7. The van der Waals surface area contributed by atoms with Crippen molar-refractivity contribution in [3.63, 3.8) is 0 Å². The van der Waals surface area contributed by atoms with E-state index in [0.29, 0.717) is 0 Å². The van der Waals surface area contributed by atoms with Crippen LogP contribution in [0.4, 0.5) is 17.1 Å². The highest BCUT2D eigenvalue weighted by atomic mass is 15.1. The first-order chi connectivity index (χ1) is 14.6. The molecule has 30 heavy (non-hydrogen) atoms. The van der Waals surface area contributed by atoms with Gasteiger partial charge in [0.05, 0.1) is 0 Å². The van der Waals surface area contributed by atoms with Crippen molar-refractivity contribution < 1.29 is 0 Å². The van der Waals surface area contributed by atoms with Crippen LogP contribution in [0.5, 0.6) is 0 Å². The molecule has 0 atom stereocenters. The van der Waals surface area contributed by atoms with Crippen LogP contribution in [0, 0.1) is 20.8 Å². The molecule has 0 radical (unpaired) electrons. The number of nitrogens with zero attached hydrogens (tertiary/aromatic N) is 1. The van der Waals surface area contributed by atoms with E-state index in [1.807, 2.05) is 0 Å². The lowest BCUT2D eigenvalue weighted by atomic mass is 10.0. The van der Waals surface area contributed by atoms with Gasteiger partial charge in [0.2, 0.25) is 0 Å². The normalized spacial score (nSPS) is 10.8. The second-order valence-corrected chi connectivity index (χ2v) is 8.16. The molecule has 1 heteroatoms. The van der Waals surface area contributed by atoms with E-state index in [0.717, 1.165) is 12.8 Å². The minimum atomic E-state index is 1.05. The Hall–Kier alpha value is -3.32. The maximum Gasteiger partial charge on any atom is 0.0461 e. The molecule has 0 heterocycles. The van der Waals surface area contributed by atoms with Crippen LogP contribution in [0.3, 0.4) is 0 Å². The summed E-state index contributed by atoms with van der Waals surface area (Å²) in [6, 6.07) is 35.3. The second kappa shape index (κ2) is 9.00. The van der Waals surface area contributed by atoms with Crippen LogP contribution in [0.1, 0.15) is 27.8 Å². The fourth-order valence-electron chi connectivity index (χ4n) is 3.80. The number of anilines is 3. The van der Waals surface area contributed by atoms with Crippen molar-refractivity contribution in [1.29, 1.82) is 0 Å². The highest BCUT2D eigenvalue weighted by Gasteiger charge is 2.12. The molecular formula is C29H29N. The number of benzene rings is 4. The van der Waals surface area contributed by atoms with Gasteiger partial charge in [-0.2, -0.15) is 0 Å². The third kappa shape index (κ3) is 4.80. The van der Waals surface area contributed by atoms with Crippen LogP contribution in [0.25, 0.3) is 0 Å². The van der Waals surface area contributed by atoms with E-state index in [-0.39, 0.29) is 0 Å². The maximum absolute atomic E-state index is 2.32. The van der Waals surface area contributed by atoms with Gasteiger partial charge in [-0.1, -0.05) is 77.4 Å². The second-order valence-electron chi connectivity index (χ2n) is 8.16. The molecule has 4 aromatic rings. The summed E-state index contributed by atoms with van der Waals surface area (Å²) in [6.45, 7) is 6.41. The molecule has 0 saturated carbocycles. The van der Waals surface area contributed by atoms with Gasteiger partial charge in [0.1, 0.15) is 0 Å². The third-order valence-electron chi connectivity index (χ3n) is 5.56. The summed E-state index contributed by atoms with van der Waals surface area (Å²) in [6.07, 6.45) is 2.12. The van der Waals surface area contributed by atoms with Crippen molar-refractivity contribution in [2.75, 3.05) is 4.90 Å². The van der Waals surface area contributed by atoms with E-state index in [1.54, 1.807) is 0 Å². The van der Waals surface area contributed by atoms with Crippen LogP contribution < -0.4 is 4.90 Å². The minimum absolute atomic E-state index is 1.05. The van der Waals surface area contributed by atoms with Gasteiger partial charge in [-0.15, -0.1) is 0 Å². The zero-order chi connectivity index (χ0) is 20.9. The number of rotatable bonds is 6. The Balaban J connectivity index is 1.59. The molecule has 0 bridgehead atoms. The molecule has 150 valence electrons. The summed E-state index contributed by atoms with van der Waals surface area (Å²) in [7, 11) is 0. The van der Waals surface area contributed by atoms with E-state index >= 15 is 0 Å². The van der Waals surface area contributed by atoms with Crippen LogP contribution in [-0.2, 0) is 12.8 Å². The third-order valence-corrected chi connectivity index (χ3v) is 5.56. The molecule has 0 N–H and O–H groups in total. The van der Waals surface area contributed by atoms with Crippen molar-refractivity contribution in [2.24, 2.45) is 0 Å². The standard InChI is InChI=1S/C29H29N/c1-22-7-15-27(16-8-22)30(28-17-9-23(2)10-18-28)29-19-13-25(14-20-29)11-12-26-6-4-5-24(3)21-26/h4-10,13-21H,11-12H2,1-3H3. The Labute approximate surface area is 180 Å². The van der Waals surface area contributed by atoms with Gasteiger partial charge in [-0.3, -0.25) is 0 Å². The predicted octanol–water partition coefficient (Wildman–Crippen LogP) is 7.87. The zero-order valence-corrected chi connectivity index (χ0v) is 18.1. The largest absolute Gasteiger partial charge is 0.311 e. The maximum atomic E-state index is 2.32. The predicted molar refractivity (Wildman–Crippen MR) is 129 cm³/mol. The van der Waals surface area contributed by atoms with Gasteiger partial charge in [0.25, 0.3) is 0 Å².